The highest BCUT2D eigenvalue weighted by Crippen LogP contribution is 2.33. The molecule has 1 heterocycles. The van der Waals surface area contributed by atoms with Crippen LogP contribution in [0.4, 0.5) is 0 Å². The third-order valence-electron chi connectivity index (χ3n) is 4.06. The van der Waals surface area contributed by atoms with Gasteiger partial charge in [0.25, 0.3) is 0 Å². The van der Waals surface area contributed by atoms with Gasteiger partial charge in [0.2, 0.25) is 0 Å². The highest BCUT2D eigenvalue weighted by atomic mass is 16.5. The Balaban J connectivity index is 2.33. The van der Waals surface area contributed by atoms with Crippen molar-refractivity contribution in [2.24, 2.45) is 0 Å². The third-order valence-corrected chi connectivity index (χ3v) is 4.06. The maximum Gasteiger partial charge on any atom is 0.349 e. The molecule has 0 unspecified atom stereocenters. The van der Waals surface area contributed by atoms with Gasteiger partial charge in [0.1, 0.15) is 11.6 Å². The summed E-state index contributed by atoms with van der Waals surface area (Å²) in [5.74, 6) is -0.544. The number of carbonyl (C=O) groups excluding carboxylic acids is 1. The monoisotopic (exact) mass is 286 g/mol. The molecular weight excluding hydrogens is 264 g/mol. The molecule has 2 rings (SSSR count). The molecule has 0 amide bonds. The van der Waals surface area contributed by atoms with Crippen molar-refractivity contribution in [1.82, 2.24) is 4.90 Å². The van der Waals surface area contributed by atoms with E-state index in [9.17, 15) is 10.1 Å². The van der Waals surface area contributed by atoms with Crippen molar-refractivity contribution in [3.63, 3.8) is 0 Å². The summed E-state index contributed by atoms with van der Waals surface area (Å²) in [7, 11) is 0. The van der Waals surface area contributed by atoms with Gasteiger partial charge >= 0.3 is 5.97 Å². The molecule has 0 N–H and O–H groups in total. The molecule has 0 bridgehead atoms. The summed E-state index contributed by atoms with van der Waals surface area (Å²) in [6.45, 7) is 6.09. The van der Waals surface area contributed by atoms with Crippen LogP contribution in [0.3, 0.4) is 0 Å². The molecule has 1 aliphatic carbocycles. The van der Waals surface area contributed by atoms with Crippen molar-refractivity contribution in [1.29, 1.82) is 5.26 Å². The van der Waals surface area contributed by atoms with Crippen LogP contribution in [0.25, 0.3) is 0 Å². The molecule has 0 radical (unpaired) electrons. The second kappa shape index (κ2) is 6.62. The molecule has 4 heteroatoms. The lowest BCUT2D eigenvalue weighted by Crippen LogP contribution is -2.31. The standard InChI is InChI=1S/C17H22N2O2/c1-4-21-17(20)16(11-18)14-9-12(2)19(13(3)10-14)15-7-5-6-8-15/h9-10,15H,4-8H2,1-3H3. The van der Waals surface area contributed by atoms with E-state index in [-0.39, 0.29) is 12.2 Å². The second-order valence-corrected chi connectivity index (χ2v) is 5.54. The van der Waals surface area contributed by atoms with Crippen molar-refractivity contribution in [3.05, 3.63) is 34.7 Å². The van der Waals surface area contributed by atoms with Crippen molar-refractivity contribution in [2.75, 3.05) is 6.61 Å². The van der Waals surface area contributed by atoms with Gasteiger partial charge in [-0.1, -0.05) is 12.8 Å². The molecule has 0 aromatic heterocycles. The molecule has 2 aliphatic rings. The fourth-order valence-corrected chi connectivity index (χ4v) is 3.22. The number of hydrogen-bond donors (Lipinski definition) is 0. The van der Waals surface area contributed by atoms with Crippen molar-refractivity contribution >= 4 is 5.97 Å². The van der Waals surface area contributed by atoms with Crippen LogP contribution in [0.5, 0.6) is 0 Å². The summed E-state index contributed by atoms with van der Waals surface area (Å²) in [6, 6.07) is 2.53. The number of hydrogen-bond acceptors (Lipinski definition) is 4. The molecule has 1 fully saturated rings. The Kier molecular flexibility index (Phi) is 4.85. The van der Waals surface area contributed by atoms with E-state index in [1.54, 1.807) is 6.92 Å². The molecule has 112 valence electrons. The first kappa shape index (κ1) is 15.4. The van der Waals surface area contributed by atoms with Crippen LogP contribution in [0.2, 0.25) is 0 Å². The van der Waals surface area contributed by atoms with E-state index in [4.69, 9.17) is 4.74 Å². The van der Waals surface area contributed by atoms with Gasteiger partial charge in [0.05, 0.1) is 6.61 Å². The smallest absolute Gasteiger partial charge is 0.349 e. The van der Waals surface area contributed by atoms with Gasteiger partial charge in [0, 0.05) is 23.0 Å². The Hall–Kier alpha value is -2.02. The molecule has 4 nitrogen and oxygen atoms in total. The van der Waals surface area contributed by atoms with Gasteiger partial charge in [-0.25, -0.2) is 4.79 Å². The minimum absolute atomic E-state index is 0.0848. The zero-order valence-corrected chi connectivity index (χ0v) is 13.0. The average Bonchev–Trinajstić information content (AvgIpc) is 2.93. The first-order valence-corrected chi connectivity index (χ1v) is 7.55. The van der Waals surface area contributed by atoms with E-state index in [1.165, 1.54) is 25.7 Å². The number of nitriles is 1. The number of nitrogens with zero attached hydrogens (tertiary/aromatic N) is 2. The summed E-state index contributed by atoms with van der Waals surface area (Å²) in [4.78, 5) is 14.2. The summed E-state index contributed by atoms with van der Waals surface area (Å²) in [6.07, 6.45) is 8.80. The predicted molar refractivity (Wildman–Crippen MR) is 80.9 cm³/mol. The highest BCUT2D eigenvalue weighted by molar-refractivity contribution is 5.95. The topological polar surface area (TPSA) is 53.3 Å². The molecule has 0 aromatic rings. The largest absolute Gasteiger partial charge is 0.462 e. The van der Waals surface area contributed by atoms with Gasteiger partial charge in [-0.15, -0.1) is 0 Å². The summed E-state index contributed by atoms with van der Waals surface area (Å²) in [5, 5.41) is 9.24. The van der Waals surface area contributed by atoms with Gasteiger partial charge in [-0.05, 0) is 45.8 Å². The zero-order chi connectivity index (χ0) is 15.4. The van der Waals surface area contributed by atoms with Crippen molar-refractivity contribution < 1.29 is 9.53 Å². The fourth-order valence-electron chi connectivity index (χ4n) is 3.22. The minimum Gasteiger partial charge on any atom is -0.462 e. The van der Waals surface area contributed by atoms with Gasteiger partial charge < -0.3 is 9.64 Å². The molecule has 0 aromatic carbocycles. The number of ether oxygens (including phenoxy) is 1. The van der Waals surface area contributed by atoms with Crippen LogP contribution in [-0.4, -0.2) is 23.5 Å². The molecular formula is C17H22N2O2. The zero-order valence-electron chi connectivity index (χ0n) is 13.0. The van der Waals surface area contributed by atoms with Crippen LogP contribution < -0.4 is 0 Å². The number of esters is 1. The van der Waals surface area contributed by atoms with E-state index in [1.807, 2.05) is 32.1 Å². The van der Waals surface area contributed by atoms with Crippen LogP contribution in [0.15, 0.2) is 34.7 Å². The quantitative estimate of drug-likeness (QED) is 0.453. The van der Waals surface area contributed by atoms with Gasteiger partial charge in [-0.2, -0.15) is 5.26 Å². The number of rotatable bonds is 3. The first-order chi connectivity index (χ1) is 10.1. The van der Waals surface area contributed by atoms with Crippen LogP contribution in [0, 0.1) is 11.3 Å². The summed E-state index contributed by atoms with van der Waals surface area (Å²) < 4.78 is 4.95. The van der Waals surface area contributed by atoms with Crippen LogP contribution in [0.1, 0.15) is 46.5 Å². The van der Waals surface area contributed by atoms with E-state index in [0.29, 0.717) is 11.6 Å². The van der Waals surface area contributed by atoms with Crippen molar-refractivity contribution in [2.45, 2.75) is 52.5 Å². The molecule has 21 heavy (non-hydrogen) atoms. The Labute approximate surface area is 126 Å². The molecule has 1 aliphatic heterocycles. The van der Waals surface area contributed by atoms with Crippen molar-refractivity contribution in [3.8, 4) is 6.07 Å². The highest BCUT2D eigenvalue weighted by Gasteiger charge is 2.27. The molecule has 0 atom stereocenters. The maximum absolute atomic E-state index is 11.8. The van der Waals surface area contributed by atoms with E-state index in [0.717, 1.165) is 11.4 Å². The summed E-state index contributed by atoms with van der Waals surface area (Å²) >= 11 is 0. The Morgan fingerprint density at radius 2 is 1.90 bits per heavy atom. The van der Waals surface area contributed by atoms with Gasteiger partial charge in [0.15, 0.2) is 0 Å². The lowest BCUT2D eigenvalue weighted by Gasteiger charge is -2.35. The van der Waals surface area contributed by atoms with E-state index in [2.05, 4.69) is 4.90 Å². The summed E-state index contributed by atoms with van der Waals surface area (Å²) in [5.41, 5.74) is 2.92. The SMILES string of the molecule is CCOC(=O)C(C#N)=C1C=C(C)N(C2CCCC2)C(C)=C1. The second-order valence-electron chi connectivity index (χ2n) is 5.54. The average molecular weight is 286 g/mol. The first-order valence-electron chi connectivity index (χ1n) is 7.55. The maximum atomic E-state index is 11.8. The van der Waals surface area contributed by atoms with Crippen LogP contribution in [-0.2, 0) is 9.53 Å². The lowest BCUT2D eigenvalue weighted by atomic mass is 10.0. The number of allylic oxidation sites excluding steroid dienone is 5. The normalized spacial score (nSPS) is 19.0. The van der Waals surface area contributed by atoms with E-state index >= 15 is 0 Å². The lowest BCUT2D eigenvalue weighted by molar-refractivity contribution is -0.138. The van der Waals surface area contributed by atoms with Crippen LogP contribution >= 0.6 is 0 Å². The Morgan fingerprint density at radius 3 is 2.38 bits per heavy atom. The van der Waals surface area contributed by atoms with E-state index < -0.39 is 5.97 Å². The Bertz CT molecular complexity index is 536. The fraction of sp³-hybridized carbons (Fsp3) is 0.529. The van der Waals surface area contributed by atoms with Gasteiger partial charge in [-0.3, -0.25) is 0 Å². The number of carbonyl (C=O) groups is 1. The molecule has 1 saturated carbocycles. The predicted octanol–water partition coefficient (Wildman–Crippen LogP) is 3.44. The Morgan fingerprint density at radius 1 is 1.33 bits per heavy atom. The molecule has 0 saturated heterocycles. The molecule has 0 spiro atoms. The minimum atomic E-state index is -0.544. The third kappa shape index (κ3) is 3.18.